The molecule has 0 aromatic heterocycles. The van der Waals surface area contributed by atoms with Crippen molar-refractivity contribution in [3.63, 3.8) is 0 Å². The minimum Gasteiger partial charge on any atom is -0.493 e. The van der Waals surface area contributed by atoms with Gasteiger partial charge in [-0.05, 0) is 41.1 Å². The Morgan fingerprint density at radius 3 is 2.52 bits per heavy atom. The van der Waals surface area contributed by atoms with Gasteiger partial charge in [0.2, 0.25) is 0 Å². The normalized spacial score (nSPS) is 15.0. The number of hydrogen-bond donors (Lipinski definition) is 0. The van der Waals surface area contributed by atoms with Gasteiger partial charge in [0.25, 0.3) is 11.1 Å². The van der Waals surface area contributed by atoms with Gasteiger partial charge in [0.05, 0.1) is 19.1 Å². The molecule has 0 bridgehead atoms. The third-order valence-electron chi connectivity index (χ3n) is 4.11. The second kappa shape index (κ2) is 9.29. The molecule has 1 heterocycles. The maximum atomic E-state index is 12.4. The summed E-state index contributed by atoms with van der Waals surface area (Å²) in [5.74, 6) is -0.127. The van der Waals surface area contributed by atoms with Crippen LogP contribution in [-0.2, 0) is 20.9 Å². The maximum absolute atomic E-state index is 12.4. The largest absolute Gasteiger partial charge is 0.493 e. The van der Waals surface area contributed by atoms with Gasteiger partial charge in [0.1, 0.15) is 13.2 Å². The fourth-order valence-electron chi connectivity index (χ4n) is 2.61. The summed E-state index contributed by atoms with van der Waals surface area (Å²) in [6.45, 7) is -0.0527. The van der Waals surface area contributed by atoms with Crippen molar-refractivity contribution in [2.45, 2.75) is 6.61 Å². The van der Waals surface area contributed by atoms with Crippen LogP contribution >= 0.6 is 11.8 Å². The Morgan fingerprint density at radius 1 is 1.07 bits per heavy atom. The predicted molar refractivity (Wildman–Crippen MR) is 108 cm³/mol. The third kappa shape index (κ3) is 4.97. The molecule has 0 radical (unpaired) electrons. The number of carbonyl (C=O) groups is 3. The van der Waals surface area contributed by atoms with Crippen LogP contribution in [0.2, 0.25) is 0 Å². The predicted octanol–water partition coefficient (Wildman–Crippen LogP) is 3.48. The van der Waals surface area contributed by atoms with Crippen molar-refractivity contribution in [2.75, 3.05) is 20.8 Å². The van der Waals surface area contributed by atoms with E-state index in [1.165, 1.54) is 7.11 Å². The molecule has 1 aliphatic heterocycles. The molecule has 29 heavy (non-hydrogen) atoms. The average molecular weight is 413 g/mol. The summed E-state index contributed by atoms with van der Waals surface area (Å²) < 4.78 is 15.7. The van der Waals surface area contributed by atoms with Crippen molar-refractivity contribution in [1.29, 1.82) is 0 Å². The van der Waals surface area contributed by atoms with Crippen molar-refractivity contribution in [1.82, 2.24) is 4.90 Å². The van der Waals surface area contributed by atoms with Crippen molar-refractivity contribution < 1.29 is 28.6 Å². The number of imide groups is 1. The summed E-state index contributed by atoms with van der Waals surface area (Å²) >= 11 is 0.774. The van der Waals surface area contributed by atoms with E-state index < -0.39 is 23.7 Å². The van der Waals surface area contributed by atoms with Crippen LogP contribution in [0.4, 0.5) is 4.79 Å². The molecule has 0 saturated carbocycles. The second-order valence-corrected chi connectivity index (χ2v) is 7.02. The Balaban J connectivity index is 1.79. The highest BCUT2D eigenvalue weighted by molar-refractivity contribution is 8.18. The average Bonchev–Trinajstić information content (AvgIpc) is 3.00. The summed E-state index contributed by atoms with van der Waals surface area (Å²) in [5, 5.41) is -0.513. The third-order valence-corrected chi connectivity index (χ3v) is 5.02. The van der Waals surface area contributed by atoms with E-state index in [0.717, 1.165) is 22.2 Å². The molecule has 0 aliphatic carbocycles. The Bertz CT molecular complexity index is 957. The summed E-state index contributed by atoms with van der Waals surface area (Å²) in [6.07, 6.45) is 1.58. The van der Waals surface area contributed by atoms with Crippen molar-refractivity contribution in [3.05, 3.63) is 64.6 Å². The summed E-state index contributed by atoms with van der Waals surface area (Å²) in [7, 11) is 2.74. The monoisotopic (exact) mass is 413 g/mol. The summed E-state index contributed by atoms with van der Waals surface area (Å²) in [6, 6.07) is 14.9. The molecular weight excluding hydrogens is 394 g/mol. The van der Waals surface area contributed by atoms with Crippen LogP contribution in [-0.4, -0.2) is 42.8 Å². The van der Waals surface area contributed by atoms with Crippen LogP contribution in [0.25, 0.3) is 6.08 Å². The molecule has 2 amide bonds. The van der Waals surface area contributed by atoms with Crippen molar-refractivity contribution >= 4 is 35.0 Å². The molecule has 7 nitrogen and oxygen atoms in total. The number of amides is 2. The lowest BCUT2D eigenvalue weighted by atomic mass is 10.1. The van der Waals surface area contributed by atoms with E-state index in [1.54, 1.807) is 31.4 Å². The van der Waals surface area contributed by atoms with Gasteiger partial charge in [0, 0.05) is 0 Å². The number of methoxy groups -OCH3 is 2. The minimum atomic E-state index is -0.658. The molecule has 0 spiro atoms. The first kappa shape index (κ1) is 20.5. The van der Waals surface area contributed by atoms with Gasteiger partial charge < -0.3 is 14.2 Å². The molecular formula is C21H19NO6S. The first-order valence-electron chi connectivity index (χ1n) is 8.68. The molecule has 1 saturated heterocycles. The van der Waals surface area contributed by atoms with Crippen molar-refractivity contribution in [2.24, 2.45) is 0 Å². The molecule has 2 aromatic rings. The number of carbonyl (C=O) groups excluding carboxylic acids is 3. The van der Waals surface area contributed by atoms with E-state index in [1.807, 2.05) is 30.3 Å². The molecule has 8 heteroatoms. The standard InChI is InChI=1S/C21H19NO6S/c1-26-16-9-8-15(10-17(16)28-13-14-6-4-3-5-7-14)11-18-20(24)22(21(25)29-18)12-19(23)27-2/h3-11H,12-13H2,1-2H3/b18-11-. The Kier molecular flexibility index (Phi) is 6.56. The molecule has 1 aliphatic rings. The van der Waals surface area contributed by atoms with E-state index in [4.69, 9.17) is 9.47 Å². The highest BCUT2D eigenvalue weighted by Gasteiger charge is 2.36. The van der Waals surface area contributed by atoms with Gasteiger partial charge in [-0.3, -0.25) is 19.3 Å². The zero-order valence-electron chi connectivity index (χ0n) is 15.9. The number of esters is 1. The number of rotatable bonds is 7. The van der Waals surface area contributed by atoms with Gasteiger partial charge in [0.15, 0.2) is 11.5 Å². The van der Waals surface area contributed by atoms with Gasteiger partial charge in [-0.25, -0.2) is 0 Å². The first-order valence-corrected chi connectivity index (χ1v) is 9.50. The number of ether oxygens (including phenoxy) is 3. The maximum Gasteiger partial charge on any atom is 0.325 e. The molecule has 0 N–H and O–H groups in total. The number of benzene rings is 2. The van der Waals surface area contributed by atoms with Crippen LogP contribution < -0.4 is 9.47 Å². The van der Waals surface area contributed by atoms with E-state index in [0.29, 0.717) is 23.7 Å². The lowest BCUT2D eigenvalue weighted by Gasteiger charge is -2.12. The van der Waals surface area contributed by atoms with Gasteiger partial charge in [-0.15, -0.1) is 0 Å². The van der Waals surface area contributed by atoms with Crippen LogP contribution in [0.15, 0.2) is 53.4 Å². The number of thioether (sulfide) groups is 1. The fourth-order valence-corrected chi connectivity index (χ4v) is 3.45. The van der Waals surface area contributed by atoms with Crippen molar-refractivity contribution in [3.8, 4) is 11.5 Å². The summed E-state index contributed by atoms with van der Waals surface area (Å²) in [4.78, 5) is 37.0. The highest BCUT2D eigenvalue weighted by Crippen LogP contribution is 2.34. The van der Waals surface area contributed by atoms with E-state index in [9.17, 15) is 14.4 Å². The smallest absolute Gasteiger partial charge is 0.325 e. The highest BCUT2D eigenvalue weighted by atomic mass is 32.2. The van der Waals surface area contributed by atoms with Crippen LogP contribution in [0.5, 0.6) is 11.5 Å². The summed E-state index contributed by atoms with van der Waals surface area (Å²) in [5.41, 5.74) is 1.67. The number of hydrogen-bond acceptors (Lipinski definition) is 7. The second-order valence-electron chi connectivity index (χ2n) is 6.03. The lowest BCUT2D eigenvalue weighted by molar-refractivity contribution is -0.143. The van der Waals surface area contributed by atoms with E-state index in [2.05, 4.69) is 4.74 Å². The zero-order valence-corrected chi connectivity index (χ0v) is 16.7. The molecule has 0 unspecified atom stereocenters. The lowest BCUT2D eigenvalue weighted by Crippen LogP contribution is -2.34. The Labute approximate surface area is 172 Å². The number of nitrogens with zero attached hydrogens (tertiary/aromatic N) is 1. The molecule has 150 valence electrons. The fraction of sp³-hybridized carbons (Fsp3) is 0.190. The molecule has 3 rings (SSSR count). The SMILES string of the molecule is COC(=O)CN1C(=O)S/C(=C\c2ccc(OC)c(OCc3ccccc3)c2)C1=O. The topological polar surface area (TPSA) is 82.1 Å². The van der Waals surface area contributed by atoms with E-state index >= 15 is 0 Å². The van der Waals surface area contributed by atoms with Crippen LogP contribution in [0, 0.1) is 0 Å². The van der Waals surface area contributed by atoms with Gasteiger partial charge in [-0.2, -0.15) is 0 Å². The molecule has 2 aromatic carbocycles. The first-order chi connectivity index (χ1) is 14.0. The van der Waals surface area contributed by atoms with Crippen LogP contribution in [0.3, 0.4) is 0 Å². The minimum absolute atomic E-state index is 0.220. The quantitative estimate of drug-likeness (QED) is 0.508. The van der Waals surface area contributed by atoms with Gasteiger partial charge in [-0.1, -0.05) is 36.4 Å². The Morgan fingerprint density at radius 2 is 1.83 bits per heavy atom. The zero-order chi connectivity index (χ0) is 20.8. The van der Waals surface area contributed by atoms with E-state index in [-0.39, 0.29) is 4.91 Å². The molecule has 0 atom stereocenters. The van der Waals surface area contributed by atoms with Crippen LogP contribution in [0.1, 0.15) is 11.1 Å². The Hall–Kier alpha value is -3.26. The molecule has 1 fully saturated rings. The van der Waals surface area contributed by atoms with Gasteiger partial charge >= 0.3 is 5.97 Å².